The standard InChI is InChI=1S/C26H32N4O2/c1-17-14-18(2)19(3)24(15-17)30-23-7-5-4-6-22(23)28-26(30)29-11-8-20(9-12-29)25(31)27-21-10-13-32-16-21/h4-7,14-15,20-21H,8-13,16H2,1-3H3,(H,27,31). The Kier molecular flexibility index (Phi) is 5.64. The van der Waals surface area contributed by atoms with Gasteiger partial charge >= 0.3 is 0 Å². The molecule has 2 aromatic carbocycles. The van der Waals surface area contributed by atoms with Crippen LogP contribution < -0.4 is 10.2 Å². The number of nitrogens with one attached hydrogen (secondary N) is 1. The normalized spacial score (nSPS) is 19.6. The average Bonchev–Trinajstić information content (AvgIpc) is 3.44. The molecule has 1 aromatic heterocycles. The molecule has 2 fully saturated rings. The molecule has 0 saturated carbocycles. The van der Waals surface area contributed by atoms with E-state index in [1.165, 1.54) is 22.4 Å². The summed E-state index contributed by atoms with van der Waals surface area (Å²) in [5, 5.41) is 3.18. The molecule has 168 valence electrons. The third kappa shape index (κ3) is 3.88. The van der Waals surface area contributed by atoms with Crippen molar-refractivity contribution < 1.29 is 9.53 Å². The molecule has 6 nitrogen and oxygen atoms in total. The lowest BCUT2D eigenvalue weighted by molar-refractivity contribution is -0.126. The minimum absolute atomic E-state index is 0.0626. The number of anilines is 1. The number of aromatic nitrogens is 2. The molecule has 0 bridgehead atoms. The van der Waals surface area contributed by atoms with Gasteiger partial charge in [0.2, 0.25) is 11.9 Å². The summed E-state index contributed by atoms with van der Waals surface area (Å²) in [5.41, 5.74) is 7.12. The largest absolute Gasteiger partial charge is 0.379 e. The number of nitrogens with zero attached hydrogens (tertiary/aromatic N) is 3. The van der Waals surface area contributed by atoms with Gasteiger partial charge in [-0.15, -0.1) is 0 Å². The maximum absolute atomic E-state index is 12.7. The van der Waals surface area contributed by atoms with Crippen LogP contribution in [0.2, 0.25) is 0 Å². The van der Waals surface area contributed by atoms with Gasteiger partial charge in [-0.05, 0) is 74.9 Å². The number of rotatable bonds is 4. The van der Waals surface area contributed by atoms with Crippen LogP contribution in [0.3, 0.4) is 0 Å². The van der Waals surface area contributed by atoms with Crippen LogP contribution in [0.5, 0.6) is 0 Å². The molecule has 6 heteroatoms. The zero-order valence-corrected chi connectivity index (χ0v) is 19.2. The monoisotopic (exact) mass is 432 g/mol. The number of carbonyl (C=O) groups excluding carboxylic acids is 1. The number of fused-ring (bicyclic) bond motifs is 1. The first-order valence-electron chi connectivity index (χ1n) is 11.7. The number of hydrogen-bond donors (Lipinski definition) is 1. The number of carbonyl (C=O) groups is 1. The smallest absolute Gasteiger partial charge is 0.223 e. The fourth-order valence-corrected chi connectivity index (χ4v) is 5.02. The second kappa shape index (κ2) is 8.58. The predicted octanol–water partition coefficient (Wildman–Crippen LogP) is 4.07. The highest BCUT2D eigenvalue weighted by Crippen LogP contribution is 2.32. The quantitative estimate of drug-likeness (QED) is 0.675. The summed E-state index contributed by atoms with van der Waals surface area (Å²) in [6.45, 7) is 9.55. The third-order valence-corrected chi connectivity index (χ3v) is 6.99. The third-order valence-electron chi connectivity index (χ3n) is 6.99. The summed E-state index contributed by atoms with van der Waals surface area (Å²) < 4.78 is 7.70. The average molecular weight is 433 g/mol. The van der Waals surface area contributed by atoms with Crippen LogP contribution >= 0.6 is 0 Å². The van der Waals surface area contributed by atoms with Crippen LogP contribution in [0.15, 0.2) is 36.4 Å². The van der Waals surface area contributed by atoms with E-state index in [4.69, 9.17) is 9.72 Å². The molecule has 0 radical (unpaired) electrons. The highest BCUT2D eigenvalue weighted by molar-refractivity contribution is 5.82. The molecule has 2 aliphatic rings. The summed E-state index contributed by atoms with van der Waals surface area (Å²) in [4.78, 5) is 20.1. The number of piperidine rings is 1. The highest BCUT2D eigenvalue weighted by atomic mass is 16.5. The summed E-state index contributed by atoms with van der Waals surface area (Å²) in [6.07, 6.45) is 2.60. The minimum atomic E-state index is 0.0626. The maximum atomic E-state index is 12.7. The molecule has 32 heavy (non-hydrogen) atoms. The molecule has 5 rings (SSSR count). The van der Waals surface area contributed by atoms with Crippen LogP contribution in [0.4, 0.5) is 5.95 Å². The van der Waals surface area contributed by atoms with Crippen molar-refractivity contribution in [3.8, 4) is 5.69 Å². The summed E-state index contributed by atoms with van der Waals surface area (Å²) in [7, 11) is 0. The number of para-hydroxylation sites is 2. The van der Waals surface area contributed by atoms with E-state index < -0.39 is 0 Å². The molecular formula is C26H32N4O2. The van der Waals surface area contributed by atoms with Crippen molar-refractivity contribution in [2.45, 2.75) is 46.1 Å². The lowest BCUT2D eigenvalue weighted by Crippen LogP contribution is -2.44. The second-order valence-electron chi connectivity index (χ2n) is 9.29. The molecule has 0 spiro atoms. The number of hydrogen-bond acceptors (Lipinski definition) is 4. The number of benzene rings is 2. The van der Waals surface area contributed by atoms with Gasteiger partial charge in [0.25, 0.3) is 0 Å². The Morgan fingerprint density at radius 2 is 1.88 bits per heavy atom. The van der Waals surface area contributed by atoms with Crippen molar-refractivity contribution in [1.29, 1.82) is 0 Å². The van der Waals surface area contributed by atoms with E-state index in [0.29, 0.717) is 6.61 Å². The molecule has 1 amide bonds. The Bertz CT molecular complexity index is 1140. The summed E-state index contributed by atoms with van der Waals surface area (Å²) in [5.74, 6) is 1.22. The zero-order chi connectivity index (χ0) is 22.2. The Morgan fingerprint density at radius 1 is 1.09 bits per heavy atom. The van der Waals surface area contributed by atoms with Crippen molar-refractivity contribution in [1.82, 2.24) is 14.9 Å². The van der Waals surface area contributed by atoms with Crippen LogP contribution in [0.25, 0.3) is 16.7 Å². The van der Waals surface area contributed by atoms with E-state index in [1.54, 1.807) is 0 Å². The fourth-order valence-electron chi connectivity index (χ4n) is 5.02. The first kappa shape index (κ1) is 21.0. The molecule has 3 aromatic rings. The zero-order valence-electron chi connectivity index (χ0n) is 19.2. The summed E-state index contributed by atoms with van der Waals surface area (Å²) >= 11 is 0. The predicted molar refractivity (Wildman–Crippen MR) is 128 cm³/mol. The van der Waals surface area contributed by atoms with Crippen molar-refractivity contribution >= 4 is 22.9 Å². The van der Waals surface area contributed by atoms with Crippen LogP contribution in [-0.2, 0) is 9.53 Å². The maximum Gasteiger partial charge on any atom is 0.223 e. The lowest BCUT2D eigenvalue weighted by atomic mass is 9.95. The Morgan fingerprint density at radius 3 is 2.62 bits per heavy atom. The number of ether oxygens (including phenoxy) is 1. The first-order chi connectivity index (χ1) is 15.5. The van der Waals surface area contributed by atoms with Crippen molar-refractivity contribution in [3.05, 3.63) is 53.1 Å². The van der Waals surface area contributed by atoms with Crippen molar-refractivity contribution in [2.75, 3.05) is 31.2 Å². The van der Waals surface area contributed by atoms with Gasteiger partial charge in [-0.25, -0.2) is 4.98 Å². The molecule has 1 N–H and O–H groups in total. The van der Waals surface area contributed by atoms with E-state index in [9.17, 15) is 4.79 Å². The van der Waals surface area contributed by atoms with Gasteiger partial charge in [0, 0.05) is 25.6 Å². The van der Waals surface area contributed by atoms with Crippen LogP contribution in [0.1, 0.15) is 36.0 Å². The van der Waals surface area contributed by atoms with Crippen LogP contribution in [-0.4, -0.2) is 47.8 Å². The molecular weight excluding hydrogens is 400 g/mol. The van der Waals surface area contributed by atoms with E-state index in [-0.39, 0.29) is 17.9 Å². The van der Waals surface area contributed by atoms with Crippen LogP contribution in [0, 0.1) is 26.7 Å². The lowest BCUT2D eigenvalue weighted by Gasteiger charge is -2.33. The molecule has 2 saturated heterocycles. The molecule has 1 unspecified atom stereocenters. The van der Waals surface area contributed by atoms with E-state index in [2.05, 4.69) is 65.9 Å². The van der Waals surface area contributed by atoms with E-state index >= 15 is 0 Å². The molecule has 2 aliphatic heterocycles. The highest BCUT2D eigenvalue weighted by Gasteiger charge is 2.30. The molecule has 1 atom stereocenters. The van der Waals surface area contributed by atoms with Gasteiger partial charge < -0.3 is 15.0 Å². The van der Waals surface area contributed by atoms with Gasteiger partial charge in [-0.2, -0.15) is 0 Å². The number of amides is 1. The number of aryl methyl sites for hydroxylation is 2. The Balaban J connectivity index is 1.43. The molecule has 0 aliphatic carbocycles. The van der Waals surface area contributed by atoms with E-state index in [1.807, 2.05) is 6.07 Å². The topological polar surface area (TPSA) is 59.4 Å². The van der Waals surface area contributed by atoms with Gasteiger partial charge in [0.15, 0.2) is 0 Å². The Hall–Kier alpha value is -2.86. The van der Waals surface area contributed by atoms with Gasteiger partial charge in [-0.1, -0.05) is 18.2 Å². The van der Waals surface area contributed by atoms with E-state index in [0.717, 1.165) is 55.9 Å². The second-order valence-corrected chi connectivity index (χ2v) is 9.29. The van der Waals surface area contributed by atoms with Crippen molar-refractivity contribution in [2.24, 2.45) is 5.92 Å². The fraction of sp³-hybridized carbons (Fsp3) is 0.462. The SMILES string of the molecule is Cc1cc(C)c(C)c(-n2c(N3CCC(C(=O)NC4CCOC4)CC3)nc3ccccc32)c1. The molecule has 3 heterocycles. The van der Waals surface area contributed by atoms with Gasteiger partial charge in [0.05, 0.1) is 29.4 Å². The Labute approximate surface area is 189 Å². The van der Waals surface area contributed by atoms with Crippen molar-refractivity contribution in [3.63, 3.8) is 0 Å². The van der Waals surface area contributed by atoms with Gasteiger partial charge in [0.1, 0.15) is 0 Å². The number of imidazole rings is 1. The first-order valence-corrected chi connectivity index (χ1v) is 11.7. The minimum Gasteiger partial charge on any atom is -0.379 e. The van der Waals surface area contributed by atoms with Gasteiger partial charge in [-0.3, -0.25) is 9.36 Å². The summed E-state index contributed by atoms with van der Waals surface area (Å²) in [6, 6.07) is 13.0.